The molecule has 1 aromatic rings. The third kappa shape index (κ3) is 3.31. The van der Waals surface area contributed by atoms with E-state index in [9.17, 15) is 9.59 Å². The minimum atomic E-state index is -0.762. The van der Waals surface area contributed by atoms with E-state index < -0.39 is 5.41 Å². The maximum Gasteiger partial charge on any atom is 0.317 e. The first-order valence-electron chi connectivity index (χ1n) is 6.73. The average Bonchev–Trinajstić information content (AvgIpc) is 2.49. The molecule has 0 saturated carbocycles. The Morgan fingerprint density at radius 3 is 2.57 bits per heavy atom. The van der Waals surface area contributed by atoms with Crippen LogP contribution in [0.4, 0.5) is 0 Å². The predicted molar refractivity (Wildman–Crippen MR) is 77.3 cm³/mol. The van der Waals surface area contributed by atoms with Gasteiger partial charge in [0.2, 0.25) is 5.91 Å². The number of carbonyl (C=O) groups is 2. The Kier molecular flexibility index (Phi) is 4.75. The predicted octanol–water partition coefficient (Wildman–Crippen LogP) is 1.39. The lowest BCUT2D eigenvalue weighted by atomic mass is 9.80. The van der Waals surface area contributed by atoms with E-state index in [1.807, 2.05) is 30.3 Å². The van der Waals surface area contributed by atoms with Gasteiger partial charge in [-0.15, -0.1) is 0 Å². The lowest BCUT2D eigenvalue weighted by Gasteiger charge is -2.47. The fraction of sp³-hybridized carbons (Fsp3) is 0.375. The molecule has 21 heavy (non-hydrogen) atoms. The molecule has 2 rings (SSSR count). The highest BCUT2D eigenvalue weighted by molar-refractivity contribution is 5.90. The Balaban J connectivity index is 1.91. The van der Waals surface area contributed by atoms with Crippen LogP contribution in [0.2, 0.25) is 0 Å². The molecule has 1 heterocycles. The second-order valence-electron chi connectivity index (χ2n) is 5.15. The molecule has 0 bridgehead atoms. The maximum atomic E-state index is 11.9. The molecule has 0 spiro atoms. The summed E-state index contributed by atoms with van der Waals surface area (Å²) in [6.45, 7) is 4.71. The van der Waals surface area contributed by atoms with E-state index in [4.69, 9.17) is 9.47 Å². The highest BCUT2D eigenvalue weighted by Gasteiger charge is 2.52. The Hall–Kier alpha value is -2.14. The Labute approximate surface area is 124 Å². The molecular weight excluding hydrogens is 270 g/mol. The van der Waals surface area contributed by atoms with Crippen molar-refractivity contribution in [3.8, 4) is 0 Å². The smallest absolute Gasteiger partial charge is 0.317 e. The first-order valence-corrected chi connectivity index (χ1v) is 6.73. The minimum absolute atomic E-state index is 0.183. The average molecular weight is 289 g/mol. The van der Waals surface area contributed by atoms with Crippen molar-refractivity contribution < 1.29 is 19.1 Å². The van der Waals surface area contributed by atoms with Crippen LogP contribution >= 0.6 is 0 Å². The number of carbonyl (C=O) groups excluding carboxylic acids is 2. The van der Waals surface area contributed by atoms with Crippen LogP contribution in [0.15, 0.2) is 43.0 Å². The number of esters is 1. The van der Waals surface area contributed by atoms with Gasteiger partial charge in [-0.05, 0) is 11.6 Å². The third-order valence-electron chi connectivity index (χ3n) is 3.58. The largest absolute Gasteiger partial charge is 0.468 e. The van der Waals surface area contributed by atoms with Crippen molar-refractivity contribution in [2.45, 2.75) is 6.61 Å². The van der Waals surface area contributed by atoms with Crippen molar-refractivity contribution in [3.05, 3.63) is 48.6 Å². The van der Waals surface area contributed by atoms with Crippen LogP contribution < -0.4 is 0 Å². The molecule has 0 N–H and O–H groups in total. The van der Waals surface area contributed by atoms with Crippen molar-refractivity contribution in [3.63, 3.8) is 0 Å². The van der Waals surface area contributed by atoms with Crippen LogP contribution in [-0.4, -0.2) is 43.6 Å². The Morgan fingerprint density at radius 1 is 1.33 bits per heavy atom. The molecule has 0 radical (unpaired) electrons. The summed E-state index contributed by atoms with van der Waals surface area (Å²) in [5.41, 5.74) is 0.276. The van der Waals surface area contributed by atoms with E-state index in [1.165, 1.54) is 13.2 Å². The van der Waals surface area contributed by atoms with Gasteiger partial charge < -0.3 is 14.4 Å². The zero-order valence-electron chi connectivity index (χ0n) is 12.1. The topological polar surface area (TPSA) is 55.8 Å². The quantitative estimate of drug-likeness (QED) is 0.586. The van der Waals surface area contributed by atoms with Crippen molar-refractivity contribution >= 4 is 11.9 Å². The molecule has 1 fully saturated rings. The first-order chi connectivity index (χ1) is 10.1. The molecule has 1 aromatic carbocycles. The molecular formula is C16H19NO4. The zero-order chi connectivity index (χ0) is 15.3. The molecule has 1 amide bonds. The highest BCUT2D eigenvalue weighted by Crippen LogP contribution is 2.32. The number of methoxy groups -OCH3 is 1. The summed E-state index contributed by atoms with van der Waals surface area (Å²) in [5, 5.41) is 0. The van der Waals surface area contributed by atoms with Crippen LogP contribution in [0.5, 0.6) is 0 Å². The number of likely N-dealkylation sites (tertiary alicyclic amines) is 1. The summed E-state index contributed by atoms with van der Waals surface area (Å²) in [5.74, 6) is -0.527. The second-order valence-corrected chi connectivity index (χ2v) is 5.15. The number of ether oxygens (including phenoxy) is 2. The van der Waals surface area contributed by atoms with Crippen LogP contribution in [-0.2, 0) is 25.7 Å². The lowest BCUT2D eigenvalue weighted by molar-refractivity contribution is -0.175. The Morgan fingerprint density at radius 2 is 2.00 bits per heavy atom. The van der Waals surface area contributed by atoms with E-state index in [0.717, 1.165) is 5.56 Å². The first kappa shape index (κ1) is 15.3. The molecule has 0 aromatic heterocycles. The van der Waals surface area contributed by atoms with Gasteiger partial charge in [-0.25, -0.2) is 0 Å². The number of hydrogen-bond donors (Lipinski definition) is 0. The van der Waals surface area contributed by atoms with Gasteiger partial charge >= 0.3 is 5.97 Å². The molecule has 5 heteroatoms. The monoisotopic (exact) mass is 289 g/mol. The second kappa shape index (κ2) is 6.54. The zero-order valence-corrected chi connectivity index (χ0v) is 12.1. The fourth-order valence-electron chi connectivity index (χ4n) is 2.40. The van der Waals surface area contributed by atoms with E-state index in [0.29, 0.717) is 19.7 Å². The number of hydrogen-bond acceptors (Lipinski definition) is 4. The fourth-order valence-corrected chi connectivity index (χ4v) is 2.40. The van der Waals surface area contributed by atoms with E-state index in [1.54, 1.807) is 4.90 Å². The van der Waals surface area contributed by atoms with Gasteiger partial charge in [0.25, 0.3) is 0 Å². The van der Waals surface area contributed by atoms with Gasteiger partial charge in [0.05, 0.1) is 20.3 Å². The summed E-state index contributed by atoms with van der Waals surface area (Å²) in [4.78, 5) is 25.0. The van der Waals surface area contributed by atoms with Crippen molar-refractivity contribution in [1.82, 2.24) is 4.90 Å². The SMILES string of the molecule is C=CC(=O)N1CC(COCc2ccccc2)(C(=O)OC)C1. The van der Waals surface area contributed by atoms with Gasteiger partial charge in [-0.3, -0.25) is 9.59 Å². The molecule has 112 valence electrons. The normalized spacial score (nSPS) is 16.0. The van der Waals surface area contributed by atoms with E-state index in [-0.39, 0.29) is 18.5 Å². The summed E-state index contributed by atoms with van der Waals surface area (Å²) in [6.07, 6.45) is 1.24. The third-order valence-corrected chi connectivity index (χ3v) is 3.58. The van der Waals surface area contributed by atoms with Gasteiger partial charge in [0.1, 0.15) is 5.41 Å². The van der Waals surface area contributed by atoms with Gasteiger partial charge in [0, 0.05) is 13.1 Å². The molecule has 5 nitrogen and oxygen atoms in total. The summed E-state index contributed by atoms with van der Waals surface area (Å²) >= 11 is 0. The van der Waals surface area contributed by atoms with Crippen LogP contribution in [0.25, 0.3) is 0 Å². The minimum Gasteiger partial charge on any atom is -0.468 e. The van der Waals surface area contributed by atoms with Crippen molar-refractivity contribution in [2.75, 3.05) is 26.8 Å². The van der Waals surface area contributed by atoms with Crippen LogP contribution in [0.3, 0.4) is 0 Å². The summed E-state index contributed by atoms with van der Waals surface area (Å²) < 4.78 is 10.5. The molecule has 0 unspecified atom stereocenters. The summed E-state index contributed by atoms with van der Waals surface area (Å²) in [6, 6.07) is 9.72. The molecule has 1 aliphatic rings. The van der Waals surface area contributed by atoms with Crippen molar-refractivity contribution in [1.29, 1.82) is 0 Å². The summed E-state index contributed by atoms with van der Waals surface area (Å²) in [7, 11) is 1.35. The van der Waals surface area contributed by atoms with Gasteiger partial charge in [0.15, 0.2) is 0 Å². The molecule has 0 aliphatic carbocycles. The molecule has 1 saturated heterocycles. The van der Waals surface area contributed by atoms with E-state index in [2.05, 4.69) is 6.58 Å². The number of benzene rings is 1. The van der Waals surface area contributed by atoms with E-state index >= 15 is 0 Å². The van der Waals surface area contributed by atoms with Gasteiger partial charge in [-0.1, -0.05) is 36.9 Å². The van der Waals surface area contributed by atoms with Crippen LogP contribution in [0.1, 0.15) is 5.56 Å². The number of amides is 1. The molecule has 0 atom stereocenters. The number of rotatable bonds is 6. The lowest BCUT2D eigenvalue weighted by Crippen LogP contribution is -2.64. The maximum absolute atomic E-state index is 11.9. The number of nitrogens with zero attached hydrogens (tertiary/aromatic N) is 1. The van der Waals surface area contributed by atoms with Gasteiger partial charge in [-0.2, -0.15) is 0 Å². The standard InChI is InChI=1S/C16H19NO4/c1-3-14(18)17-10-16(11-17,15(19)20-2)12-21-9-13-7-5-4-6-8-13/h3-8H,1,9-12H2,2H3. The molecule has 1 aliphatic heterocycles. The highest BCUT2D eigenvalue weighted by atomic mass is 16.5. The Bertz CT molecular complexity index is 520. The van der Waals surface area contributed by atoms with Crippen molar-refractivity contribution in [2.24, 2.45) is 5.41 Å². The van der Waals surface area contributed by atoms with Crippen LogP contribution in [0, 0.1) is 5.41 Å².